The summed E-state index contributed by atoms with van der Waals surface area (Å²) in [7, 11) is 3.08. The number of likely N-dealkylation sites (N-methyl/N-ethyl adjacent to an activating group) is 1. The summed E-state index contributed by atoms with van der Waals surface area (Å²) in [4.78, 5) is 27.2. The van der Waals surface area contributed by atoms with Crippen molar-refractivity contribution >= 4 is 29.1 Å². The topological polar surface area (TPSA) is 69.0 Å². The van der Waals surface area contributed by atoms with Crippen LogP contribution in [0.1, 0.15) is 18.2 Å². The van der Waals surface area contributed by atoms with Crippen molar-refractivity contribution in [2.24, 2.45) is 0 Å². The quantitative estimate of drug-likeness (QED) is 0.694. The molecule has 0 spiro atoms. The molecular weight excluding hydrogens is 354 g/mol. The van der Waals surface area contributed by atoms with Crippen molar-refractivity contribution in [3.63, 3.8) is 0 Å². The predicted octanol–water partition coefficient (Wildman–Crippen LogP) is 3.33. The van der Waals surface area contributed by atoms with Gasteiger partial charge in [0.15, 0.2) is 11.5 Å². The van der Waals surface area contributed by atoms with Crippen LogP contribution in [0, 0.1) is 0 Å². The van der Waals surface area contributed by atoms with Crippen molar-refractivity contribution in [3.8, 4) is 11.5 Å². The molecule has 3 rings (SSSR count). The van der Waals surface area contributed by atoms with E-state index in [1.165, 1.54) is 23.8 Å². The standard InChI is InChI=1S/C19H19NO5S/c1-4-20-18(21)16(12-7-8-14(23-2)15(10-12)24-3)17(19(20)22)26-11-13-6-5-9-25-13/h5-10H,4,11H2,1-3H3. The number of ether oxygens (including phenoxy) is 2. The van der Waals surface area contributed by atoms with E-state index in [-0.39, 0.29) is 11.8 Å². The maximum Gasteiger partial charge on any atom is 0.267 e. The van der Waals surface area contributed by atoms with Gasteiger partial charge in [0.1, 0.15) is 5.76 Å². The lowest BCUT2D eigenvalue weighted by molar-refractivity contribution is -0.136. The molecule has 0 saturated carbocycles. The molecule has 2 amide bonds. The first kappa shape index (κ1) is 18.1. The monoisotopic (exact) mass is 373 g/mol. The minimum atomic E-state index is -0.299. The molecule has 0 radical (unpaired) electrons. The van der Waals surface area contributed by atoms with Gasteiger partial charge >= 0.3 is 0 Å². The smallest absolute Gasteiger partial charge is 0.267 e. The van der Waals surface area contributed by atoms with Gasteiger partial charge in [0.25, 0.3) is 11.8 Å². The number of thioether (sulfide) groups is 1. The van der Waals surface area contributed by atoms with E-state index >= 15 is 0 Å². The highest BCUT2D eigenvalue weighted by Gasteiger charge is 2.38. The van der Waals surface area contributed by atoms with Gasteiger partial charge in [0, 0.05) is 6.54 Å². The van der Waals surface area contributed by atoms with Crippen molar-refractivity contribution in [2.75, 3.05) is 20.8 Å². The molecule has 0 bridgehead atoms. The molecule has 0 atom stereocenters. The van der Waals surface area contributed by atoms with E-state index in [2.05, 4.69) is 0 Å². The SMILES string of the molecule is CCN1C(=O)C(SCc2ccco2)=C(c2ccc(OC)c(OC)c2)C1=O. The summed E-state index contributed by atoms with van der Waals surface area (Å²) in [6.07, 6.45) is 1.58. The Bertz CT molecular complexity index is 857. The molecule has 2 heterocycles. The number of carbonyl (C=O) groups is 2. The third-order valence-electron chi connectivity index (χ3n) is 4.05. The minimum Gasteiger partial charge on any atom is -0.493 e. The van der Waals surface area contributed by atoms with Crippen molar-refractivity contribution < 1.29 is 23.5 Å². The number of hydrogen-bond acceptors (Lipinski definition) is 6. The fraction of sp³-hybridized carbons (Fsp3) is 0.263. The zero-order valence-corrected chi connectivity index (χ0v) is 15.6. The second-order valence-corrected chi connectivity index (χ2v) is 6.48. The molecular formula is C19H19NO5S. The first-order chi connectivity index (χ1) is 12.6. The number of hydrogen-bond donors (Lipinski definition) is 0. The van der Waals surface area contributed by atoms with Crippen LogP contribution in [0.3, 0.4) is 0 Å². The van der Waals surface area contributed by atoms with Crippen LogP contribution in [-0.4, -0.2) is 37.5 Å². The summed E-state index contributed by atoms with van der Waals surface area (Å²) in [5.74, 6) is 1.69. The lowest BCUT2D eigenvalue weighted by Gasteiger charge is -2.12. The summed E-state index contributed by atoms with van der Waals surface area (Å²) in [5, 5.41) is 0. The van der Waals surface area contributed by atoms with E-state index in [4.69, 9.17) is 13.9 Å². The van der Waals surface area contributed by atoms with E-state index in [0.717, 1.165) is 5.76 Å². The van der Waals surface area contributed by atoms with E-state index in [0.29, 0.717) is 39.8 Å². The molecule has 1 aliphatic rings. The third kappa shape index (κ3) is 3.22. The van der Waals surface area contributed by atoms with E-state index < -0.39 is 0 Å². The van der Waals surface area contributed by atoms with E-state index in [1.807, 2.05) is 6.07 Å². The summed E-state index contributed by atoms with van der Waals surface area (Å²) < 4.78 is 15.9. The maximum absolute atomic E-state index is 12.8. The number of nitrogens with zero attached hydrogens (tertiary/aromatic N) is 1. The van der Waals surface area contributed by atoms with Crippen molar-refractivity contribution in [1.82, 2.24) is 4.90 Å². The molecule has 136 valence electrons. The molecule has 0 unspecified atom stereocenters. The molecule has 1 aromatic carbocycles. The summed E-state index contributed by atoms with van der Waals surface area (Å²) in [6, 6.07) is 8.82. The van der Waals surface area contributed by atoms with Gasteiger partial charge in [-0.2, -0.15) is 0 Å². The Labute approximate surface area is 155 Å². The number of rotatable bonds is 7. The Morgan fingerprint density at radius 3 is 2.46 bits per heavy atom. The van der Waals surface area contributed by atoms with Crippen LogP contribution < -0.4 is 9.47 Å². The summed E-state index contributed by atoms with van der Waals surface area (Å²) >= 11 is 1.30. The highest BCUT2D eigenvalue weighted by atomic mass is 32.2. The Morgan fingerprint density at radius 2 is 1.85 bits per heavy atom. The van der Waals surface area contributed by atoms with Gasteiger partial charge in [0.2, 0.25) is 0 Å². The van der Waals surface area contributed by atoms with Crippen LogP contribution in [0.25, 0.3) is 5.57 Å². The van der Waals surface area contributed by atoms with Gasteiger partial charge in [-0.1, -0.05) is 6.07 Å². The fourth-order valence-corrected chi connectivity index (χ4v) is 3.79. The molecule has 0 fully saturated rings. The molecule has 26 heavy (non-hydrogen) atoms. The largest absolute Gasteiger partial charge is 0.493 e. The van der Waals surface area contributed by atoms with Crippen LogP contribution in [0.5, 0.6) is 11.5 Å². The van der Waals surface area contributed by atoms with Gasteiger partial charge in [0.05, 0.1) is 36.7 Å². The van der Waals surface area contributed by atoms with Gasteiger partial charge in [-0.05, 0) is 36.8 Å². The Hall–Kier alpha value is -2.67. The second-order valence-electron chi connectivity index (χ2n) is 5.50. The summed E-state index contributed by atoms with van der Waals surface area (Å²) in [6.45, 7) is 2.10. The molecule has 0 aliphatic carbocycles. The average Bonchev–Trinajstić information content (AvgIpc) is 3.25. The second kappa shape index (κ2) is 7.70. The van der Waals surface area contributed by atoms with Crippen LogP contribution in [0.15, 0.2) is 45.9 Å². The van der Waals surface area contributed by atoms with Crippen LogP contribution in [0.2, 0.25) is 0 Å². The lowest BCUT2D eigenvalue weighted by atomic mass is 10.1. The Kier molecular flexibility index (Phi) is 5.37. The molecule has 1 aromatic heterocycles. The number of benzene rings is 1. The molecule has 7 heteroatoms. The normalized spacial score (nSPS) is 14.3. The van der Waals surface area contributed by atoms with E-state index in [9.17, 15) is 9.59 Å². The predicted molar refractivity (Wildman–Crippen MR) is 98.9 cm³/mol. The number of methoxy groups -OCH3 is 2. The first-order valence-corrected chi connectivity index (χ1v) is 9.07. The molecule has 2 aromatic rings. The van der Waals surface area contributed by atoms with Crippen molar-refractivity contribution in [1.29, 1.82) is 0 Å². The van der Waals surface area contributed by atoms with Crippen LogP contribution in [0.4, 0.5) is 0 Å². The van der Waals surface area contributed by atoms with Crippen LogP contribution in [-0.2, 0) is 15.3 Å². The maximum atomic E-state index is 12.8. The molecule has 0 N–H and O–H groups in total. The highest BCUT2D eigenvalue weighted by Crippen LogP contribution is 2.39. The van der Waals surface area contributed by atoms with Crippen molar-refractivity contribution in [3.05, 3.63) is 52.8 Å². The first-order valence-electron chi connectivity index (χ1n) is 8.08. The fourth-order valence-electron chi connectivity index (χ4n) is 2.76. The molecule has 6 nitrogen and oxygen atoms in total. The van der Waals surface area contributed by atoms with Gasteiger partial charge in [-0.15, -0.1) is 11.8 Å². The van der Waals surface area contributed by atoms with Gasteiger partial charge in [-0.25, -0.2) is 0 Å². The van der Waals surface area contributed by atoms with Crippen molar-refractivity contribution in [2.45, 2.75) is 12.7 Å². The Morgan fingerprint density at radius 1 is 1.08 bits per heavy atom. The van der Waals surface area contributed by atoms with Crippen LogP contribution >= 0.6 is 11.8 Å². The van der Waals surface area contributed by atoms with E-state index in [1.54, 1.807) is 44.6 Å². The zero-order chi connectivity index (χ0) is 18.7. The number of carbonyl (C=O) groups excluding carboxylic acids is 2. The average molecular weight is 373 g/mol. The third-order valence-corrected chi connectivity index (χ3v) is 5.15. The molecule has 0 saturated heterocycles. The molecule has 1 aliphatic heterocycles. The number of furan rings is 1. The number of amides is 2. The minimum absolute atomic E-state index is 0.279. The lowest BCUT2D eigenvalue weighted by Crippen LogP contribution is -2.31. The summed E-state index contributed by atoms with van der Waals surface area (Å²) in [5.41, 5.74) is 1.01. The zero-order valence-electron chi connectivity index (χ0n) is 14.8. The van der Waals surface area contributed by atoms with Gasteiger partial charge < -0.3 is 13.9 Å². The number of imide groups is 1. The Balaban J connectivity index is 2.02. The highest BCUT2D eigenvalue weighted by molar-refractivity contribution is 8.03. The van der Waals surface area contributed by atoms with Gasteiger partial charge in [-0.3, -0.25) is 14.5 Å².